The Morgan fingerprint density at radius 1 is 1.23 bits per heavy atom. The smallest absolute Gasteiger partial charge is 0.287 e. The molecule has 2 amide bonds. The zero-order valence-electron chi connectivity index (χ0n) is 11.4. The molecule has 6 nitrogen and oxygen atoms in total. The molecule has 1 aromatic carbocycles. The van der Waals surface area contributed by atoms with E-state index < -0.39 is 5.91 Å². The Balaban J connectivity index is 2.02. The second kappa shape index (κ2) is 7.43. The SMILES string of the molecule is N#CCC(=O)Nc1ccccc1CNC(=O)c1ccc(Br)o1. The van der Waals surface area contributed by atoms with Crippen LogP contribution in [0.3, 0.4) is 0 Å². The first-order valence-corrected chi connectivity index (χ1v) is 7.17. The van der Waals surface area contributed by atoms with Crippen molar-refractivity contribution < 1.29 is 14.0 Å². The predicted octanol–water partition coefficient (Wildman–Crippen LogP) is 2.82. The normalized spacial score (nSPS) is 9.82. The Morgan fingerprint density at radius 2 is 2.00 bits per heavy atom. The number of benzene rings is 1. The first kappa shape index (κ1) is 15.8. The van der Waals surface area contributed by atoms with E-state index >= 15 is 0 Å². The Hall–Kier alpha value is -2.59. The van der Waals surface area contributed by atoms with Crippen LogP contribution in [0.15, 0.2) is 45.5 Å². The van der Waals surface area contributed by atoms with Gasteiger partial charge in [0.25, 0.3) is 5.91 Å². The Morgan fingerprint density at radius 3 is 2.68 bits per heavy atom. The van der Waals surface area contributed by atoms with Crippen LogP contribution in [0.2, 0.25) is 0 Å². The van der Waals surface area contributed by atoms with Crippen LogP contribution in [0.25, 0.3) is 0 Å². The molecule has 0 atom stereocenters. The topological polar surface area (TPSA) is 95.1 Å². The molecule has 1 heterocycles. The number of furan rings is 1. The Labute approximate surface area is 135 Å². The summed E-state index contributed by atoms with van der Waals surface area (Å²) >= 11 is 3.13. The molecule has 0 radical (unpaired) electrons. The molecular formula is C15H12BrN3O3. The van der Waals surface area contributed by atoms with Crippen molar-refractivity contribution in [1.82, 2.24) is 5.32 Å². The highest BCUT2D eigenvalue weighted by Gasteiger charge is 2.11. The van der Waals surface area contributed by atoms with Crippen molar-refractivity contribution in [3.8, 4) is 6.07 Å². The number of halogens is 1. The summed E-state index contributed by atoms with van der Waals surface area (Å²) in [4.78, 5) is 23.4. The van der Waals surface area contributed by atoms with E-state index in [2.05, 4.69) is 26.6 Å². The van der Waals surface area contributed by atoms with Crippen LogP contribution in [0.1, 0.15) is 22.5 Å². The van der Waals surface area contributed by atoms with E-state index in [0.29, 0.717) is 10.4 Å². The third-order valence-corrected chi connectivity index (χ3v) is 3.19. The standard InChI is InChI=1S/C15H12BrN3O3/c16-13-6-5-12(22-13)15(21)18-9-10-3-1-2-4-11(10)19-14(20)7-8-17/h1-6H,7,9H2,(H,18,21)(H,19,20). The van der Waals surface area contributed by atoms with Crippen molar-refractivity contribution in [3.05, 3.63) is 52.4 Å². The number of nitriles is 1. The molecule has 0 spiro atoms. The number of carbonyl (C=O) groups is 2. The highest BCUT2D eigenvalue weighted by molar-refractivity contribution is 9.10. The maximum absolute atomic E-state index is 11.9. The van der Waals surface area contributed by atoms with Gasteiger partial charge in [0.2, 0.25) is 5.91 Å². The number of carbonyl (C=O) groups excluding carboxylic acids is 2. The lowest BCUT2D eigenvalue weighted by Crippen LogP contribution is -2.23. The molecule has 0 fully saturated rings. The first-order chi connectivity index (χ1) is 10.6. The largest absolute Gasteiger partial charge is 0.444 e. The van der Waals surface area contributed by atoms with E-state index in [1.54, 1.807) is 42.5 Å². The number of nitrogens with one attached hydrogen (secondary N) is 2. The minimum Gasteiger partial charge on any atom is -0.444 e. The Kier molecular flexibility index (Phi) is 5.33. The number of nitrogens with zero attached hydrogens (tertiary/aromatic N) is 1. The highest BCUT2D eigenvalue weighted by atomic mass is 79.9. The van der Waals surface area contributed by atoms with Crippen molar-refractivity contribution in [1.29, 1.82) is 5.26 Å². The quantitative estimate of drug-likeness (QED) is 0.855. The molecule has 0 saturated carbocycles. The molecule has 0 aliphatic rings. The fourth-order valence-electron chi connectivity index (χ4n) is 1.76. The number of rotatable bonds is 5. The minimum atomic E-state index is -0.392. The van der Waals surface area contributed by atoms with Crippen molar-refractivity contribution in [2.24, 2.45) is 0 Å². The molecule has 7 heteroatoms. The van der Waals surface area contributed by atoms with Crippen LogP contribution < -0.4 is 10.6 Å². The summed E-state index contributed by atoms with van der Waals surface area (Å²) in [5.41, 5.74) is 1.29. The number of hydrogen-bond acceptors (Lipinski definition) is 4. The van der Waals surface area contributed by atoms with Crippen LogP contribution in [-0.2, 0) is 11.3 Å². The van der Waals surface area contributed by atoms with Crippen molar-refractivity contribution >= 4 is 33.4 Å². The van der Waals surface area contributed by atoms with Gasteiger partial charge in [-0.25, -0.2) is 0 Å². The van der Waals surface area contributed by atoms with E-state index in [0.717, 1.165) is 5.56 Å². The Bertz CT molecular complexity index is 734. The first-order valence-electron chi connectivity index (χ1n) is 6.38. The summed E-state index contributed by atoms with van der Waals surface area (Å²) in [7, 11) is 0. The van der Waals surface area contributed by atoms with Gasteiger partial charge in [0.1, 0.15) is 6.42 Å². The van der Waals surface area contributed by atoms with Gasteiger partial charge in [-0.3, -0.25) is 9.59 Å². The van der Waals surface area contributed by atoms with Gasteiger partial charge in [-0.05, 0) is 39.7 Å². The second-order valence-electron chi connectivity index (χ2n) is 4.33. The summed E-state index contributed by atoms with van der Waals surface area (Å²) in [6, 6.07) is 12.0. The van der Waals surface area contributed by atoms with Gasteiger partial charge in [-0.1, -0.05) is 18.2 Å². The van der Waals surface area contributed by atoms with Crippen LogP contribution in [0, 0.1) is 11.3 Å². The molecule has 1 aromatic heterocycles. The van der Waals surface area contributed by atoms with Crippen LogP contribution >= 0.6 is 15.9 Å². The molecule has 2 aromatic rings. The van der Waals surface area contributed by atoms with Gasteiger partial charge in [-0.15, -0.1) is 0 Å². The molecule has 2 N–H and O–H groups in total. The molecule has 2 rings (SSSR count). The summed E-state index contributed by atoms with van der Waals surface area (Å²) in [5, 5.41) is 13.8. The monoisotopic (exact) mass is 361 g/mol. The summed E-state index contributed by atoms with van der Waals surface area (Å²) in [5.74, 6) is -0.557. The summed E-state index contributed by atoms with van der Waals surface area (Å²) in [6.07, 6.45) is -0.221. The fourth-order valence-corrected chi connectivity index (χ4v) is 2.07. The maximum Gasteiger partial charge on any atom is 0.287 e. The van der Waals surface area contributed by atoms with E-state index in [1.165, 1.54) is 0 Å². The van der Waals surface area contributed by atoms with E-state index in [1.807, 2.05) is 0 Å². The average molecular weight is 362 g/mol. The molecular weight excluding hydrogens is 350 g/mol. The molecule has 0 bridgehead atoms. The summed E-state index contributed by atoms with van der Waals surface area (Å²) < 4.78 is 5.63. The zero-order chi connectivity index (χ0) is 15.9. The van der Waals surface area contributed by atoms with E-state index in [4.69, 9.17) is 9.68 Å². The van der Waals surface area contributed by atoms with E-state index in [-0.39, 0.29) is 24.6 Å². The van der Waals surface area contributed by atoms with Crippen molar-refractivity contribution in [2.45, 2.75) is 13.0 Å². The zero-order valence-corrected chi connectivity index (χ0v) is 13.0. The molecule has 0 saturated heterocycles. The second-order valence-corrected chi connectivity index (χ2v) is 5.11. The van der Waals surface area contributed by atoms with Gasteiger partial charge in [0.15, 0.2) is 10.4 Å². The van der Waals surface area contributed by atoms with E-state index in [9.17, 15) is 9.59 Å². The number of hydrogen-bond donors (Lipinski definition) is 2. The number of amides is 2. The van der Waals surface area contributed by atoms with Crippen molar-refractivity contribution in [2.75, 3.05) is 5.32 Å². The van der Waals surface area contributed by atoms with Gasteiger partial charge >= 0.3 is 0 Å². The lowest BCUT2D eigenvalue weighted by atomic mass is 10.1. The average Bonchev–Trinajstić information content (AvgIpc) is 2.93. The van der Waals surface area contributed by atoms with Crippen LogP contribution in [0.4, 0.5) is 5.69 Å². The lowest BCUT2D eigenvalue weighted by Gasteiger charge is -2.10. The fraction of sp³-hybridized carbons (Fsp3) is 0.133. The van der Waals surface area contributed by atoms with Gasteiger partial charge in [-0.2, -0.15) is 5.26 Å². The van der Waals surface area contributed by atoms with Gasteiger partial charge < -0.3 is 15.1 Å². The van der Waals surface area contributed by atoms with Gasteiger partial charge in [0.05, 0.1) is 6.07 Å². The number of anilines is 1. The van der Waals surface area contributed by atoms with Crippen molar-refractivity contribution in [3.63, 3.8) is 0 Å². The molecule has 0 aliphatic carbocycles. The third-order valence-electron chi connectivity index (χ3n) is 2.77. The molecule has 0 aliphatic heterocycles. The lowest BCUT2D eigenvalue weighted by molar-refractivity contribution is -0.115. The molecule has 22 heavy (non-hydrogen) atoms. The minimum absolute atomic E-state index is 0.192. The van der Waals surface area contributed by atoms with Crippen LogP contribution in [-0.4, -0.2) is 11.8 Å². The highest BCUT2D eigenvalue weighted by Crippen LogP contribution is 2.16. The van der Waals surface area contributed by atoms with Gasteiger partial charge in [0, 0.05) is 12.2 Å². The van der Waals surface area contributed by atoms with Crippen LogP contribution in [0.5, 0.6) is 0 Å². The summed E-state index contributed by atoms with van der Waals surface area (Å²) in [6.45, 7) is 0.222. The predicted molar refractivity (Wildman–Crippen MR) is 82.9 cm³/mol. The number of para-hydroxylation sites is 1. The maximum atomic E-state index is 11.9. The molecule has 112 valence electrons. The third kappa shape index (κ3) is 4.20. The molecule has 0 unspecified atom stereocenters.